The van der Waals surface area contributed by atoms with Crippen LogP contribution in [0.5, 0.6) is 11.5 Å². The van der Waals surface area contributed by atoms with Crippen LogP contribution in [0.25, 0.3) is 0 Å². The number of hydrogen-bond acceptors (Lipinski definition) is 3. The summed E-state index contributed by atoms with van der Waals surface area (Å²) in [5.41, 5.74) is 0.617. The van der Waals surface area contributed by atoms with Crippen LogP contribution in [-0.4, -0.2) is 19.1 Å². The molecule has 0 saturated carbocycles. The molecule has 5 heteroatoms. The third-order valence-electron chi connectivity index (χ3n) is 2.62. The molecule has 0 bridgehead atoms. The molecule has 0 atom stereocenters. The topological polar surface area (TPSA) is 47.6 Å². The van der Waals surface area contributed by atoms with Gasteiger partial charge in [-0.3, -0.25) is 4.79 Å². The fourth-order valence-electron chi connectivity index (χ4n) is 1.73. The van der Waals surface area contributed by atoms with Gasteiger partial charge < -0.3 is 14.8 Å². The van der Waals surface area contributed by atoms with Crippen LogP contribution < -0.4 is 14.8 Å². The predicted molar refractivity (Wildman–Crippen MR) is 78.1 cm³/mol. The molecule has 2 rings (SSSR count). The quantitative estimate of drug-likeness (QED) is 0.830. The zero-order chi connectivity index (χ0) is 15.1. The number of ether oxygens (including phenoxy) is 2. The van der Waals surface area contributed by atoms with Gasteiger partial charge in [0.15, 0.2) is 0 Å². The van der Waals surface area contributed by atoms with E-state index in [9.17, 15) is 9.18 Å². The van der Waals surface area contributed by atoms with E-state index in [4.69, 9.17) is 9.47 Å². The average molecular weight is 289 g/mol. The summed E-state index contributed by atoms with van der Waals surface area (Å²) >= 11 is 0. The van der Waals surface area contributed by atoms with E-state index in [-0.39, 0.29) is 11.7 Å². The number of amides is 1. The van der Waals surface area contributed by atoms with E-state index >= 15 is 0 Å². The summed E-state index contributed by atoms with van der Waals surface area (Å²) in [5, 5.41) is 2.69. The first-order valence-electron chi connectivity index (χ1n) is 6.53. The van der Waals surface area contributed by atoms with Crippen molar-refractivity contribution in [1.82, 2.24) is 0 Å². The maximum atomic E-state index is 12.7. The van der Waals surface area contributed by atoms with Gasteiger partial charge in [0.1, 0.15) is 30.5 Å². The Morgan fingerprint density at radius 3 is 2.43 bits per heavy atom. The number of rotatable bonds is 6. The molecule has 2 aromatic carbocycles. The first kappa shape index (κ1) is 14.8. The Kier molecular flexibility index (Phi) is 5.15. The van der Waals surface area contributed by atoms with Crippen molar-refractivity contribution >= 4 is 11.6 Å². The van der Waals surface area contributed by atoms with Crippen molar-refractivity contribution in [2.45, 2.75) is 6.92 Å². The monoisotopic (exact) mass is 289 g/mol. The molecule has 1 N–H and O–H groups in total. The van der Waals surface area contributed by atoms with Crippen molar-refractivity contribution in [1.29, 1.82) is 0 Å². The molecular weight excluding hydrogens is 273 g/mol. The van der Waals surface area contributed by atoms with Gasteiger partial charge in [0.2, 0.25) is 5.91 Å². The lowest BCUT2D eigenvalue weighted by Gasteiger charge is -2.12. The number of para-hydroxylation sites is 2. The number of carbonyl (C=O) groups excluding carboxylic acids is 1. The molecule has 110 valence electrons. The summed E-state index contributed by atoms with van der Waals surface area (Å²) in [6.45, 7) is 2.07. The molecule has 21 heavy (non-hydrogen) atoms. The van der Waals surface area contributed by atoms with Gasteiger partial charge >= 0.3 is 0 Å². The molecule has 0 aliphatic carbocycles. The maximum Gasteiger partial charge on any atom is 0.221 e. The first-order valence-corrected chi connectivity index (χ1v) is 6.53. The zero-order valence-electron chi connectivity index (χ0n) is 11.6. The Balaban J connectivity index is 1.83. The average Bonchev–Trinajstić information content (AvgIpc) is 2.46. The highest BCUT2D eigenvalue weighted by molar-refractivity contribution is 5.90. The van der Waals surface area contributed by atoms with Gasteiger partial charge in [-0.05, 0) is 36.4 Å². The first-order chi connectivity index (χ1) is 10.1. The van der Waals surface area contributed by atoms with Crippen molar-refractivity contribution in [3.05, 3.63) is 54.3 Å². The van der Waals surface area contributed by atoms with Crippen molar-refractivity contribution in [3.63, 3.8) is 0 Å². The van der Waals surface area contributed by atoms with E-state index in [1.165, 1.54) is 19.1 Å². The van der Waals surface area contributed by atoms with E-state index in [1.807, 2.05) is 12.1 Å². The predicted octanol–water partition coefficient (Wildman–Crippen LogP) is 3.24. The minimum atomic E-state index is -0.303. The number of nitrogens with one attached hydrogen (secondary N) is 1. The SMILES string of the molecule is CC(=O)Nc1ccccc1OCCOc1ccc(F)cc1. The Morgan fingerprint density at radius 1 is 1.05 bits per heavy atom. The van der Waals surface area contributed by atoms with Crippen LogP contribution in [0.1, 0.15) is 6.92 Å². The lowest BCUT2D eigenvalue weighted by molar-refractivity contribution is -0.114. The van der Waals surface area contributed by atoms with E-state index in [1.54, 1.807) is 24.3 Å². The number of benzene rings is 2. The highest BCUT2D eigenvalue weighted by Crippen LogP contribution is 2.23. The number of hydrogen-bond donors (Lipinski definition) is 1. The number of halogens is 1. The number of carbonyl (C=O) groups is 1. The second kappa shape index (κ2) is 7.28. The Morgan fingerprint density at radius 2 is 1.71 bits per heavy atom. The van der Waals surface area contributed by atoms with Gasteiger partial charge in [-0.1, -0.05) is 12.1 Å². The summed E-state index contributed by atoms with van der Waals surface area (Å²) in [5.74, 6) is 0.696. The fraction of sp³-hybridized carbons (Fsp3) is 0.188. The highest BCUT2D eigenvalue weighted by Gasteiger charge is 2.04. The van der Waals surface area contributed by atoms with Crippen LogP contribution in [0.15, 0.2) is 48.5 Å². The minimum absolute atomic E-state index is 0.159. The van der Waals surface area contributed by atoms with Crippen molar-refractivity contribution in [2.24, 2.45) is 0 Å². The molecule has 0 heterocycles. The summed E-state index contributed by atoms with van der Waals surface area (Å²) in [6.07, 6.45) is 0. The molecule has 0 spiro atoms. The molecule has 1 amide bonds. The minimum Gasteiger partial charge on any atom is -0.490 e. The van der Waals surface area contributed by atoms with Gasteiger partial charge in [0, 0.05) is 6.92 Å². The van der Waals surface area contributed by atoms with E-state index in [0.29, 0.717) is 30.4 Å². The van der Waals surface area contributed by atoms with Crippen LogP contribution in [-0.2, 0) is 4.79 Å². The zero-order valence-corrected chi connectivity index (χ0v) is 11.6. The highest BCUT2D eigenvalue weighted by atomic mass is 19.1. The van der Waals surface area contributed by atoms with Gasteiger partial charge in [-0.15, -0.1) is 0 Å². The van der Waals surface area contributed by atoms with E-state index in [2.05, 4.69) is 5.32 Å². The third-order valence-corrected chi connectivity index (χ3v) is 2.62. The summed E-state index contributed by atoms with van der Waals surface area (Å²) in [6, 6.07) is 12.9. The molecule has 0 fully saturated rings. The van der Waals surface area contributed by atoms with Gasteiger partial charge in [-0.2, -0.15) is 0 Å². The molecular formula is C16H16FNO3. The van der Waals surface area contributed by atoms with Crippen molar-refractivity contribution in [2.75, 3.05) is 18.5 Å². The third kappa shape index (κ3) is 4.80. The van der Waals surface area contributed by atoms with Crippen LogP contribution >= 0.6 is 0 Å². The number of anilines is 1. The van der Waals surface area contributed by atoms with Gasteiger partial charge in [0.25, 0.3) is 0 Å². The molecule has 0 aromatic heterocycles. The van der Waals surface area contributed by atoms with Crippen LogP contribution in [0.2, 0.25) is 0 Å². The van der Waals surface area contributed by atoms with Gasteiger partial charge in [0.05, 0.1) is 5.69 Å². The molecule has 4 nitrogen and oxygen atoms in total. The lowest BCUT2D eigenvalue weighted by Crippen LogP contribution is -2.12. The van der Waals surface area contributed by atoms with E-state index in [0.717, 1.165) is 0 Å². The molecule has 0 radical (unpaired) electrons. The van der Waals surface area contributed by atoms with Crippen LogP contribution in [0.3, 0.4) is 0 Å². The largest absolute Gasteiger partial charge is 0.490 e. The molecule has 0 aliphatic heterocycles. The molecule has 0 unspecified atom stereocenters. The Hall–Kier alpha value is -2.56. The summed E-state index contributed by atoms with van der Waals surface area (Å²) in [4.78, 5) is 11.1. The molecule has 2 aromatic rings. The summed E-state index contributed by atoms with van der Waals surface area (Å²) < 4.78 is 23.7. The Bertz CT molecular complexity index is 599. The standard InChI is InChI=1S/C16H16FNO3/c1-12(19)18-15-4-2-3-5-16(15)21-11-10-20-14-8-6-13(17)7-9-14/h2-9H,10-11H2,1H3,(H,18,19). The second-order valence-corrected chi connectivity index (χ2v) is 4.33. The van der Waals surface area contributed by atoms with E-state index < -0.39 is 0 Å². The fourth-order valence-corrected chi connectivity index (χ4v) is 1.73. The maximum absolute atomic E-state index is 12.7. The lowest BCUT2D eigenvalue weighted by atomic mass is 10.3. The molecule has 0 saturated heterocycles. The van der Waals surface area contributed by atoms with Crippen molar-refractivity contribution < 1.29 is 18.7 Å². The Labute approximate surface area is 122 Å². The van der Waals surface area contributed by atoms with Crippen molar-refractivity contribution in [3.8, 4) is 11.5 Å². The van der Waals surface area contributed by atoms with Gasteiger partial charge in [-0.25, -0.2) is 4.39 Å². The normalized spacial score (nSPS) is 10.0. The molecule has 0 aliphatic rings. The van der Waals surface area contributed by atoms with Crippen LogP contribution in [0.4, 0.5) is 10.1 Å². The van der Waals surface area contributed by atoms with Crippen LogP contribution in [0, 0.1) is 5.82 Å². The second-order valence-electron chi connectivity index (χ2n) is 4.33. The smallest absolute Gasteiger partial charge is 0.221 e. The summed E-state index contributed by atoms with van der Waals surface area (Å²) in [7, 11) is 0.